The molecule has 9 nitrogen and oxygen atoms in total. The fraction of sp³-hybridized carbons (Fsp3) is 0.308. The number of para-hydroxylation sites is 1. The topological polar surface area (TPSA) is 120 Å². The molecule has 1 aromatic heterocycles. The standard InChI is InChI=1S/C26H27F4N5O4/c1-14(15-10-16(26(28,29)30)12-17(31)11-15)32-23(37)22-20(34(5)24(38)39-25(2,3)4)13-21(36)35(33-22)19-9-7-6-8-18(19)27/h6-14H,31H2,1-5H3,(H,32,37). The first kappa shape index (κ1) is 29.1. The minimum absolute atomic E-state index is 0.0418. The third-order valence-corrected chi connectivity index (χ3v) is 5.39. The Hall–Kier alpha value is -4.42. The van der Waals surface area contributed by atoms with Crippen LogP contribution in [0.3, 0.4) is 0 Å². The Labute approximate surface area is 221 Å². The first-order valence-corrected chi connectivity index (χ1v) is 11.6. The van der Waals surface area contributed by atoms with Crippen molar-refractivity contribution in [3.63, 3.8) is 0 Å². The number of rotatable bonds is 5. The summed E-state index contributed by atoms with van der Waals surface area (Å²) in [5.74, 6) is -1.77. The van der Waals surface area contributed by atoms with Gasteiger partial charge >= 0.3 is 12.3 Å². The summed E-state index contributed by atoms with van der Waals surface area (Å²) in [6.07, 6.45) is -5.59. The fourth-order valence-electron chi connectivity index (χ4n) is 3.53. The molecule has 0 aliphatic heterocycles. The molecular weight excluding hydrogens is 522 g/mol. The zero-order chi connectivity index (χ0) is 29.3. The van der Waals surface area contributed by atoms with Gasteiger partial charge in [-0.3, -0.25) is 14.5 Å². The third kappa shape index (κ3) is 6.92. The highest BCUT2D eigenvalue weighted by atomic mass is 19.4. The van der Waals surface area contributed by atoms with Gasteiger partial charge in [-0.25, -0.2) is 9.18 Å². The smallest absolute Gasteiger partial charge is 0.416 e. The molecule has 2 aromatic carbocycles. The van der Waals surface area contributed by atoms with Crippen molar-refractivity contribution in [1.29, 1.82) is 0 Å². The number of alkyl halides is 3. The largest absolute Gasteiger partial charge is 0.443 e. The highest BCUT2D eigenvalue weighted by Gasteiger charge is 2.32. The van der Waals surface area contributed by atoms with E-state index >= 15 is 0 Å². The molecule has 0 spiro atoms. The normalized spacial score (nSPS) is 12.5. The SMILES string of the molecule is CC(NC(=O)c1nn(-c2ccccc2F)c(=O)cc1N(C)C(=O)OC(C)(C)C)c1cc(N)cc(C(F)(F)F)c1. The number of amides is 2. The number of aromatic nitrogens is 2. The summed E-state index contributed by atoms with van der Waals surface area (Å²) in [5, 5.41) is 6.52. The molecule has 3 N–H and O–H groups in total. The lowest BCUT2D eigenvalue weighted by Gasteiger charge is -2.26. The van der Waals surface area contributed by atoms with E-state index in [-0.39, 0.29) is 22.6 Å². The van der Waals surface area contributed by atoms with Crippen LogP contribution < -0.4 is 21.5 Å². The van der Waals surface area contributed by atoms with Crippen molar-refractivity contribution in [1.82, 2.24) is 15.1 Å². The van der Waals surface area contributed by atoms with Crippen molar-refractivity contribution < 1.29 is 31.9 Å². The highest BCUT2D eigenvalue weighted by molar-refractivity contribution is 6.01. The minimum Gasteiger partial charge on any atom is -0.443 e. The summed E-state index contributed by atoms with van der Waals surface area (Å²) < 4.78 is 60.3. The van der Waals surface area contributed by atoms with E-state index in [2.05, 4.69) is 10.4 Å². The van der Waals surface area contributed by atoms with Gasteiger partial charge in [0.1, 0.15) is 17.1 Å². The average molecular weight is 550 g/mol. The molecule has 0 fully saturated rings. The number of nitrogens with zero attached hydrogens (tertiary/aromatic N) is 3. The second-order valence-corrected chi connectivity index (χ2v) is 9.70. The first-order chi connectivity index (χ1) is 18.0. The van der Waals surface area contributed by atoms with E-state index in [0.717, 1.165) is 29.2 Å². The number of nitrogens with two attached hydrogens (primary N) is 1. The van der Waals surface area contributed by atoms with Gasteiger partial charge < -0.3 is 15.8 Å². The lowest BCUT2D eigenvalue weighted by Crippen LogP contribution is -2.38. The lowest BCUT2D eigenvalue weighted by molar-refractivity contribution is -0.137. The van der Waals surface area contributed by atoms with Crippen LogP contribution in [-0.2, 0) is 10.9 Å². The van der Waals surface area contributed by atoms with Crippen molar-refractivity contribution in [3.05, 3.63) is 81.5 Å². The second-order valence-electron chi connectivity index (χ2n) is 9.70. The predicted molar refractivity (Wildman–Crippen MR) is 136 cm³/mol. The monoisotopic (exact) mass is 549 g/mol. The van der Waals surface area contributed by atoms with Crippen LogP contribution in [0.25, 0.3) is 5.69 Å². The number of benzene rings is 2. The number of hydrogen-bond donors (Lipinski definition) is 2. The highest BCUT2D eigenvalue weighted by Crippen LogP contribution is 2.33. The first-order valence-electron chi connectivity index (χ1n) is 11.6. The Morgan fingerprint density at radius 1 is 1.10 bits per heavy atom. The van der Waals surface area contributed by atoms with E-state index in [9.17, 15) is 31.9 Å². The van der Waals surface area contributed by atoms with E-state index < -0.39 is 52.5 Å². The van der Waals surface area contributed by atoms with Gasteiger partial charge in [-0.05, 0) is 63.6 Å². The van der Waals surface area contributed by atoms with Crippen LogP contribution >= 0.6 is 0 Å². The molecule has 13 heteroatoms. The van der Waals surface area contributed by atoms with E-state index in [1.807, 2.05) is 0 Å². The van der Waals surface area contributed by atoms with Crippen molar-refractivity contribution in [2.45, 2.75) is 45.5 Å². The maximum absolute atomic E-state index is 14.5. The fourth-order valence-corrected chi connectivity index (χ4v) is 3.53. The molecule has 3 aromatic rings. The quantitative estimate of drug-likeness (QED) is 0.347. The number of anilines is 2. The number of nitrogens with one attached hydrogen (secondary N) is 1. The van der Waals surface area contributed by atoms with Crippen LogP contribution in [0, 0.1) is 5.82 Å². The molecule has 0 saturated heterocycles. The molecule has 2 amide bonds. The van der Waals surface area contributed by atoms with Gasteiger partial charge in [-0.15, -0.1) is 0 Å². The lowest BCUT2D eigenvalue weighted by atomic mass is 10.0. The Balaban J connectivity index is 2.09. The van der Waals surface area contributed by atoms with Gasteiger partial charge in [0.15, 0.2) is 5.69 Å². The van der Waals surface area contributed by atoms with Crippen LogP contribution in [0.2, 0.25) is 0 Å². The van der Waals surface area contributed by atoms with Crippen LogP contribution in [0.15, 0.2) is 53.3 Å². The molecule has 0 aliphatic carbocycles. The number of carbonyl (C=O) groups is 2. The Bertz CT molecular complexity index is 1460. The van der Waals surface area contributed by atoms with E-state index in [1.54, 1.807) is 20.8 Å². The molecule has 0 radical (unpaired) electrons. The summed E-state index contributed by atoms with van der Waals surface area (Å²) >= 11 is 0. The molecule has 0 aliphatic rings. The Morgan fingerprint density at radius 2 is 1.74 bits per heavy atom. The summed E-state index contributed by atoms with van der Waals surface area (Å²) in [5.41, 5.74) is 1.72. The summed E-state index contributed by atoms with van der Waals surface area (Å²) in [4.78, 5) is 39.9. The summed E-state index contributed by atoms with van der Waals surface area (Å²) in [6.45, 7) is 6.26. The maximum atomic E-state index is 14.5. The van der Waals surface area contributed by atoms with Crippen LogP contribution in [-0.4, -0.2) is 34.4 Å². The number of ether oxygens (including phenoxy) is 1. The third-order valence-electron chi connectivity index (χ3n) is 5.39. The van der Waals surface area contributed by atoms with Gasteiger partial charge in [0.2, 0.25) is 0 Å². The number of carbonyl (C=O) groups excluding carboxylic acids is 2. The summed E-state index contributed by atoms with van der Waals surface area (Å²) in [7, 11) is 1.24. The van der Waals surface area contributed by atoms with Crippen LogP contribution in [0.1, 0.15) is 55.4 Å². The molecular formula is C26H27F4N5O4. The van der Waals surface area contributed by atoms with Crippen molar-refractivity contribution in [2.24, 2.45) is 0 Å². The zero-order valence-corrected chi connectivity index (χ0v) is 21.8. The van der Waals surface area contributed by atoms with E-state index in [4.69, 9.17) is 10.5 Å². The van der Waals surface area contributed by atoms with Crippen molar-refractivity contribution in [3.8, 4) is 5.69 Å². The zero-order valence-electron chi connectivity index (χ0n) is 21.8. The average Bonchev–Trinajstić information content (AvgIpc) is 2.81. The van der Waals surface area contributed by atoms with Gasteiger partial charge in [0.25, 0.3) is 11.5 Å². The maximum Gasteiger partial charge on any atom is 0.416 e. The number of nitrogen functional groups attached to an aromatic ring is 1. The summed E-state index contributed by atoms with van der Waals surface area (Å²) in [6, 6.07) is 7.95. The van der Waals surface area contributed by atoms with Crippen molar-refractivity contribution in [2.75, 3.05) is 17.7 Å². The Kier molecular flexibility index (Phi) is 8.03. The number of hydrogen-bond acceptors (Lipinski definition) is 6. The molecule has 39 heavy (non-hydrogen) atoms. The predicted octanol–water partition coefficient (Wildman–Crippen LogP) is 4.83. The molecule has 208 valence electrons. The molecule has 1 heterocycles. The number of halogens is 4. The van der Waals surface area contributed by atoms with E-state index in [0.29, 0.717) is 4.68 Å². The minimum atomic E-state index is -4.67. The van der Waals surface area contributed by atoms with Crippen LogP contribution in [0.5, 0.6) is 0 Å². The van der Waals surface area contributed by atoms with Crippen LogP contribution in [0.4, 0.5) is 33.7 Å². The molecule has 1 unspecified atom stereocenters. The van der Waals surface area contributed by atoms with Gasteiger partial charge in [0, 0.05) is 18.8 Å². The molecule has 3 rings (SSSR count). The second kappa shape index (κ2) is 10.8. The molecule has 0 bridgehead atoms. The Morgan fingerprint density at radius 3 is 2.33 bits per heavy atom. The molecule has 0 saturated carbocycles. The van der Waals surface area contributed by atoms with Crippen molar-refractivity contribution >= 4 is 23.4 Å². The molecule has 1 atom stereocenters. The van der Waals surface area contributed by atoms with Gasteiger partial charge in [-0.1, -0.05) is 12.1 Å². The van der Waals surface area contributed by atoms with Gasteiger partial charge in [0.05, 0.1) is 17.3 Å². The van der Waals surface area contributed by atoms with E-state index in [1.165, 1.54) is 38.2 Å². The van der Waals surface area contributed by atoms with Gasteiger partial charge in [-0.2, -0.15) is 23.0 Å².